The van der Waals surface area contributed by atoms with Gasteiger partial charge in [-0.15, -0.1) is 0 Å². The second kappa shape index (κ2) is 9.34. The van der Waals surface area contributed by atoms with Gasteiger partial charge in [0.15, 0.2) is 0 Å². The number of carbonyl (C=O) groups excluding carboxylic acids is 3. The molecule has 146 valence electrons. The number of benzene rings is 2. The molecule has 0 saturated carbocycles. The molecule has 3 aromatic rings. The Morgan fingerprint density at radius 2 is 1.72 bits per heavy atom. The third kappa shape index (κ3) is 5.53. The molecule has 0 aliphatic heterocycles. The monoisotopic (exact) mass is 411 g/mol. The van der Waals surface area contributed by atoms with Crippen LogP contribution in [0.3, 0.4) is 0 Å². The summed E-state index contributed by atoms with van der Waals surface area (Å²) in [6, 6.07) is 15.8. The van der Waals surface area contributed by atoms with Crippen LogP contribution in [-0.4, -0.2) is 24.0 Å². The van der Waals surface area contributed by atoms with E-state index in [9.17, 15) is 14.4 Å². The molecule has 0 spiro atoms. The molecule has 2 N–H and O–H groups in total. The number of ether oxygens (including phenoxy) is 1. The Kier molecular flexibility index (Phi) is 6.39. The van der Waals surface area contributed by atoms with Crippen LogP contribution in [-0.2, 0) is 9.59 Å². The van der Waals surface area contributed by atoms with Crippen LogP contribution in [0.15, 0.2) is 76.4 Å². The molecule has 2 aromatic carbocycles. The molecule has 2 amide bonds. The van der Waals surface area contributed by atoms with Gasteiger partial charge in [-0.2, -0.15) is 5.10 Å². The van der Waals surface area contributed by atoms with Crippen molar-refractivity contribution in [2.24, 2.45) is 5.10 Å². The summed E-state index contributed by atoms with van der Waals surface area (Å²) >= 11 is 5.76. The Morgan fingerprint density at radius 1 is 0.966 bits per heavy atom. The van der Waals surface area contributed by atoms with E-state index < -0.39 is 17.8 Å². The minimum absolute atomic E-state index is 0.0453. The van der Waals surface area contributed by atoms with Gasteiger partial charge in [0.1, 0.15) is 5.75 Å². The number of anilines is 1. The maximum absolute atomic E-state index is 12.0. The van der Waals surface area contributed by atoms with E-state index >= 15 is 0 Å². The summed E-state index contributed by atoms with van der Waals surface area (Å²) in [6.07, 6.45) is 2.60. The molecule has 0 bridgehead atoms. The van der Waals surface area contributed by atoms with Gasteiger partial charge in [0.25, 0.3) is 0 Å². The summed E-state index contributed by atoms with van der Waals surface area (Å²) in [6.45, 7) is 0. The van der Waals surface area contributed by atoms with Crippen LogP contribution in [0.4, 0.5) is 5.69 Å². The minimum atomic E-state index is -0.971. The van der Waals surface area contributed by atoms with Crippen molar-refractivity contribution in [2.45, 2.75) is 0 Å². The summed E-state index contributed by atoms with van der Waals surface area (Å²) in [5, 5.41) is 6.64. The standard InChI is InChI=1S/C20H14ClN3O5/c21-14-7-9-15(10-8-14)23-18(25)19(26)24-22-12-13-4-1-2-5-16(13)29-20(27)17-6-3-11-28-17/h1-12H,(H,23,25)(H,24,26)/b22-12+. The zero-order valence-electron chi connectivity index (χ0n) is 14.8. The maximum atomic E-state index is 12.0. The van der Waals surface area contributed by atoms with Crippen LogP contribution < -0.4 is 15.5 Å². The highest BCUT2D eigenvalue weighted by atomic mass is 35.5. The molecule has 29 heavy (non-hydrogen) atoms. The topological polar surface area (TPSA) is 110 Å². The van der Waals surface area contributed by atoms with Crippen LogP contribution in [0.2, 0.25) is 5.02 Å². The number of hydrazone groups is 1. The normalized spacial score (nSPS) is 10.5. The summed E-state index contributed by atoms with van der Waals surface area (Å²) in [4.78, 5) is 35.7. The first-order chi connectivity index (χ1) is 14.0. The summed E-state index contributed by atoms with van der Waals surface area (Å²) in [7, 11) is 0. The SMILES string of the molecule is O=C(N/N=C/c1ccccc1OC(=O)c1ccco1)C(=O)Nc1ccc(Cl)cc1. The average Bonchev–Trinajstić information content (AvgIpc) is 3.26. The molecule has 0 aliphatic rings. The fourth-order valence-corrected chi connectivity index (χ4v) is 2.28. The largest absolute Gasteiger partial charge is 0.457 e. The third-order valence-corrected chi connectivity index (χ3v) is 3.77. The number of hydrogen-bond acceptors (Lipinski definition) is 6. The van der Waals surface area contributed by atoms with Crippen molar-refractivity contribution < 1.29 is 23.5 Å². The maximum Gasteiger partial charge on any atom is 0.379 e. The lowest BCUT2D eigenvalue weighted by Gasteiger charge is -2.06. The number of amides is 2. The second-order valence-corrected chi connectivity index (χ2v) is 6.00. The predicted molar refractivity (Wildman–Crippen MR) is 106 cm³/mol. The van der Waals surface area contributed by atoms with Crippen molar-refractivity contribution in [3.63, 3.8) is 0 Å². The quantitative estimate of drug-likeness (QED) is 0.220. The van der Waals surface area contributed by atoms with E-state index in [-0.39, 0.29) is 11.5 Å². The van der Waals surface area contributed by atoms with Gasteiger partial charge in [-0.3, -0.25) is 9.59 Å². The molecular weight excluding hydrogens is 398 g/mol. The van der Waals surface area contributed by atoms with Gasteiger partial charge >= 0.3 is 17.8 Å². The first kappa shape index (κ1) is 19.8. The van der Waals surface area contributed by atoms with Crippen molar-refractivity contribution in [1.82, 2.24) is 5.43 Å². The Morgan fingerprint density at radius 3 is 2.45 bits per heavy atom. The number of carbonyl (C=O) groups is 3. The molecular formula is C20H14ClN3O5. The highest BCUT2D eigenvalue weighted by Crippen LogP contribution is 2.18. The van der Waals surface area contributed by atoms with Crippen LogP contribution in [0.25, 0.3) is 0 Å². The van der Waals surface area contributed by atoms with Crippen LogP contribution in [0, 0.1) is 0 Å². The Labute approximate surface area is 170 Å². The van der Waals surface area contributed by atoms with Crippen molar-refractivity contribution in [3.05, 3.63) is 83.3 Å². The number of nitrogens with zero attached hydrogens (tertiary/aromatic N) is 1. The summed E-state index contributed by atoms with van der Waals surface area (Å²) < 4.78 is 10.2. The Hall–Kier alpha value is -3.91. The van der Waals surface area contributed by atoms with Crippen molar-refractivity contribution >= 4 is 41.3 Å². The zero-order valence-corrected chi connectivity index (χ0v) is 15.6. The van der Waals surface area contributed by atoms with Gasteiger partial charge < -0.3 is 14.5 Å². The minimum Gasteiger partial charge on any atom is -0.457 e. The zero-order chi connectivity index (χ0) is 20.6. The first-order valence-electron chi connectivity index (χ1n) is 8.27. The highest BCUT2D eigenvalue weighted by molar-refractivity contribution is 6.39. The average molecular weight is 412 g/mol. The van der Waals surface area contributed by atoms with Crippen LogP contribution >= 0.6 is 11.6 Å². The molecule has 0 radical (unpaired) electrons. The fraction of sp³-hybridized carbons (Fsp3) is 0. The van der Waals surface area contributed by atoms with Gasteiger partial charge in [0.2, 0.25) is 5.76 Å². The lowest BCUT2D eigenvalue weighted by Crippen LogP contribution is -2.32. The van der Waals surface area contributed by atoms with E-state index in [0.29, 0.717) is 16.3 Å². The molecule has 8 nitrogen and oxygen atoms in total. The van der Waals surface area contributed by atoms with E-state index in [4.69, 9.17) is 20.8 Å². The number of furan rings is 1. The van der Waals surface area contributed by atoms with Crippen LogP contribution in [0.1, 0.15) is 16.1 Å². The van der Waals surface area contributed by atoms with E-state index in [0.717, 1.165) is 0 Å². The molecule has 3 rings (SSSR count). The van der Waals surface area contributed by atoms with Gasteiger partial charge in [0.05, 0.1) is 12.5 Å². The number of hydrogen-bond donors (Lipinski definition) is 2. The molecule has 0 unspecified atom stereocenters. The molecule has 0 saturated heterocycles. The van der Waals surface area contributed by atoms with Gasteiger partial charge in [-0.05, 0) is 48.5 Å². The number of esters is 1. The molecule has 1 heterocycles. The van der Waals surface area contributed by atoms with Gasteiger partial charge in [0, 0.05) is 16.3 Å². The highest BCUT2D eigenvalue weighted by Gasteiger charge is 2.14. The third-order valence-electron chi connectivity index (χ3n) is 3.52. The van der Waals surface area contributed by atoms with Crippen LogP contribution in [0.5, 0.6) is 5.75 Å². The summed E-state index contributed by atoms with van der Waals surface area (Å²) in [5.74, 6) is -2.30. The smallest absolute Gasteiger partial charge is 0.379 e. The number of nitrogens with one attached hydrogen (secondary N) is 2. The summed E-state index contributed by atoms with van der Waals surface area (Å²) in [5.41, 5.74) is 2.92. The van der Waals surface area contributed by atoms with E-state index in [1.54, 1.807) is 54.6 Å². The number of para-hydroxylation sites is 1. The van der Waals surface area contributed by atoms with Crippen molar-refractivity contribution in [2.75, 3.05) is 5.32 Å². The van der Waals surface area contributed by atoms with E-state index in [1.165, 1.54) is 18.5 Å². The van der Waals surface area contributed by atoms with Crippen molar-refractivity contribution in [3.8, 4) is 5.75 Å². The fourth-order valence-electron chi connectivity index (χ4n) is 2.16. The molecule has 0 fully saturated rings. The predicted octanol–water partition coefficient (Wildman–Crippen LogP) is 3.24. The molecule has 0 aliphatic carbocycles. The molecule has 9 heteroatoms. The van der Waals surface area contributed by atoms with Gasteiger partial charge in [-0.25, -0.2) is 10.2 Å². The molecule has 0 atom stereocenters. The van der Waals surface area contributed by atoms with Crippen molar-refractivity contribution in [1.29, 1.82) is 0 Å². The Bertz CT molecular complexity index is 1050. The second-order valence-electron chi connectivity index (χ2n) is 5.56. The first-order valence-corrected chi connectivity index (χ1v) is 8.65. The number of halogens is 1. The van der Waals surface area contributed by atoms with E-state index in [2.05, 4.69) is 15.8 Å². The lowest BCUT2D eigenvalue weighted by molar-refractivity contribution is -0.136. The molecule has 1 aromatic heterocycles. The Balaban J connectivity index is 1.59. The van der Waals surface area contributed by atoms with E-state index in [1.807, 2.05) is 0 Å². The lowest BCUT2D eigenvalue weighted by atomic mass is 10.2. The number of rotatable bonds is 5. The van der Waals surface area contributed by atoms with Gasteiger partial charge in [-0.1, -0.05) is 23.7 Å².